The average Bonchev–Trinajstić information content (AvgIpc) is 2.68. The zero-order chi connectivity index (χ0) is 14.4. The van der Waals surface area contributed by atoms with Crippen LogP contribution in [-0.4, -0.2) is 25.4 Å². The fourth-order valence-electron chi connectivity index (χ4n) is 2.65. The molecule has 0 radical (unpaired) electrons. The standard InChI is InChI=1S/C17H27NO2/c1-4-5-12-19-13-8-11-18-16-14-9-6-7-10-15(14)20-17(16,2)3/h6-7,9-10,16,18H,4-5,8,11-13H2,1-3H3. The second-order valence-electron chi connectivity index (χ2n) is 5.95. The number of rotatable bonds is 8. The van der Waals surface area contributed by atoms with Crippen molar-refractivity contribution in [1.29, 1.82) is 0 Å². The highest BCUT2D eigenvalue weighted by Gasteiger charge is 2.40. The van der Waals surface area contributed by atoms with Gasteiger partial charge in [-0.15, -0.1) is 0 Å². The van der Waals surface area contributed by atoms with Gasteiger partial charge in [0.1, 0.15) is 11.4 Å². The first-order valence-corrected chi connectivity index (χ1v) is 7.74. The van der Waals surface area contributed by atoms with E-state index in [0.717, 1.165) is 38.3 Å². The lowest BCUT2D eigenvalue weighted by Crippen LogP contribution is -2.39. The molecule has 1 aliphatic rings. The number of unbranched alkanes of at least 4 members (excludes halogenated alkanes) is 1. The molecular weight excluding hydrogens is 250 g/mol. The minimum Gasteiger partial charge on any atom is -0.486 e. The van der Waals surface area contributed by atoms with Crippen molar-refractivity contribution < 1.29 is 9.47 Å². The van der Waals surface area contributed by atoms with Crippen molar-refractivity contribution in [2.24, 2.45) is 0 Å². The van der Waals surface area contributed by atoms with Gasteiger partial charge >= 0.3 is 0 Å². The summed E-state index contributed by atoms with van der Waals surface area (Å²) in [5, 5.41) is 3.61. The van der Waals surface area contributed by atoms with Gasteiger partial charge in [0.2, 0.25) is 0 Å². The Balaban J connectivity index is 1.77. The van der Waals surface area contributed by atoms with Crippen LogP contribution in [0.2, 0.25) is 0 Å². The summed E-state index contributed by atoms with van der Waals surface area (Å²) in [4.78, 5) is 0. The monoisotopic (exact) mass is 277 g/mol. The molecule has 0 amide bonds. The van der Waals surface area contributed by atoms with E-state index in [2.05, 4.69) is 38.2 Å². The number of nitrogens with one attached hydrogen (secondary N) is 1. The largest absolute Gasteiger partial charge is 0.486 e. The molecule has 3 heteroatoms. The predicted octanol–water partition coefficient (Wildman–Crippen LogP) is 3.70. The molecule has 3 nitrogen and oxygen atoms in total. The minimum absolute atomic E-state index is 0.188. The van der Waals surface area contributed by atoms with Crippen molar-refractivity contribution in [3.05, 3.63) is 29.8 Å². The van der Waals surface area contributed by atoms with E-state index in [0.29, 0.717) is 0 Å². The maximum Gasteiger partial charge on any atom is 0.125 e. The summed E-state index contributed by atoms with van der Waals surface area (Å²) in [6.07, 6.45) is 3.39. The third-order valence-corrected chi connectivity index (χ3v) is 3.75. The van der Waals surface area contributed by atoms with Gasteiger partial charge in [0.25, 0.3) is 0 Å². The molecule has 0 spiro atoms. The van der Waals surface area contributed by atoms with Gasteiger partial charge in [0, 0.05) is 18.8 Å². The van der Waals surface area contributed by atoms with Gasteiger partial charge in [-0.3, -0.25) is 0 Å². The molecule has 1 heterocycles. The molecule has 1 aromatic rings. The van der Waals surface area contributed by atoms with Crippen molar-refractivity contribution in [3.63, 3.8) is 0 Å². The topological polar surface area (TPSA) is 30.5 Å². The van der Waals surface area contributed by atoms with Crippen LogP contribution in [0.3, 0.4) is 0 Å². The Bertz CT molecular complexity index is 417. The van der Waals surface area contributed by atoms with Gasteiger partial charge in [-0.2, -0.15) is 0 Å². The number of hydrogen-bond donors (Lipinski definition) is 1. The lowest BCUT2D eigenvalue weighted by molar-refractivity contribution is 0.0920. The zero-order valence-electron chi connectivity index (χ0n) is 12.9. The van der Waals surface area contributed by atoms with Gasteiger partial charge in [0.05, 0.1) is 6.04 Å². The van der Waals surface area contributed by atoms with E-state index >= 15 is 0 Å². The lowest BCUT2D eigenvalue weighted by atomic mass is 9.94. The van der Waals surface area contributed by atoms with Crippen molar-refractivity contribution in [1.82, 2.24) is 5.32 Å². The Kier molecular flexibility index (Phi) is 5.44. The van der Waals surface area contributed by atoms with Crippen LogP contribution in [0.15, 0.2) is 24.3 Å². The first kappa shape index (κ1) is 15.3. The van der Waals surface area contributed by atoms with Gasteiger partial charge in [-0.1, -0.05) is 31.5 Å². The first-order valence-electron chi connectivity index (χ1n) is 7.74. The Morgan fingerprint density at radius 1 is 1.20 bits per heavy atom. The number of ether oxygens (including phenoxy) is 2. The first-order chi connectivity index (χ1) is 9.65. The maximum atomic E-state index is 6.02. The number of benzene rings is 1. The molecule has 1 aromatic carbocycles. The van der Waals surface area contributed by atoms with Crippen LogP contribution >= 0.6 is 0 Å². The van der Waals surface area contributed by atoms with E-state index in [4.69, 9.17) is 9.47 Å². The van der Waals surface area contributed by atoms with E-state index in [9.17, 15) is 0 Å². The summed E-state index contributed by atoms with van der Waals surface area (Å²) in [6.45, 7) is 9.15. The molecule has 112 valence electrons. The molecule has 1 unspecified atom stereocenters. The molecule has 0 bridgehead atoms. The van der Waals surface area contributed by atoms with E-state index in [-0.39, 0.29) is 11.6 Å². The smallest absolute Gasteiger partial charge is 0.125 e. The Morgan fingerprint density at radius 2 is 1.95 bits per heavy atom. The van der Waals surface area contributed by atoms with Crippen molar-refractivity contribution in [3.8, 4) is 5.75 Å². The number of fused-ring (bicyclic) bond motifs is 1. The molecule has 1 aliphatic heterocycles. The molecular formula is C17H27NO2. The molecule has 0 aliphatic carbocycles. The van der Waals surface area contributed by atoms with Crippen LogP contribution < -0.4 is 10.1 Å². The second kappa shape index (κ2) is 7.09. The van der Waals surface area contributed by atoms with Crippen LogP contribution in [0.25, 0.3) is 0 Å². The fraction of sp³-hybridized carbons (Fsp3) is 0.647. The highest BCUT2D eigenvalue weighted by Crippen LogP contribution is 2.42. The summed E-state index contributed by atoms with van der Waals surface area (Å²) in [7, 11) is 0. The van der Waals surface area contributed by atoms with E-state index < -0.39 is 0 Å². The molecule has 1 N–H and O–H groups in total. The van der Waals surface area contributed by atoms with Crippen molar-refractivity contribution in [2.45, 2.75) is 51.7 Å². The number of hydrogen-bond acceptors (Lipinski definition) is 3. The third-order valence-electron chi connectivity index (χ3n) is 3.75. The summed E-state index contributed by atoms with van der Waals surface area (Å²) < 4.78 is 11.6. The van der Waals surface area contributed by atoms with Crippen LogP contribution in [0, 0.1) is 0 Å². The van der Waals surface area contributed by atoms with Crippen molar-refractivity contribution >= 4 is 0 Å². The average molecular weight is 277 g/mol. The predicted molar refractivity (Wildman–Crippen MR) is 82.2 cm³/mol. The van der Waals surface area contributed by atoms with Crippen molar-refractivity contribution in [2.75, 3.05) is 19.8 Å². The summed E-state index contributed by atoms with van der Waals surface area (Å²) in [5.41, 5.74) is 1.08. The molecule has 0 saturated heterocycles. The summed E-state index contributed by atoms with van der Waals surface area (Å²) in [5.74, 6) is 1.01. The Labute approximate surface area is 122 Å². The van der Waals surface area contributed by atoms with Crippen LogP contribution in [-0.2, 0) is 4.74 Å². The van der Waals surface area contributed by atoms with E-state index in [1.54, 1.807) is 0 Å². The van der Waals surface area contributed by atoms with Gasteiger partial charge in [-0.25, -0.2) is 0 Å². The molecule has 0 saturated carbocycles. The third kappa shape index (κ3) is 3.74. The maximum absolute atomic E-state index is 6.02. The Hall–Kier alpha value is -1.06. The second-order valence-corrected chi connectivity index (χ2v) is 5.95. The lowest BCUT2D eigenvalue weighted by Gasteiger charge is -2.27. The van der Waals surface area contributed by atoms with Gasteiger partial charge in [0.15, 0.2) is 0 Å². The SMILES string of the molecule is CCCCOCCCNC1c2ccccc2OC1(C)C. The zero-order valence-corrected chi connectivity index (χ0v) is 12.9. The van der Waals surface area contributed by atoms with Crippen LogP contribution in [0.4, 0.5) is 0 Å². The molecule has 0 fully saturated rings. The van der Waals surface area contributed by atoms with Gasteiger partial charge in [-0.05, 0) is 39.3 Å². The molecule has 0 aromatic heterocycles. The summed E-state index contributed by atoms with van der Waals surface area (Å²) >= 11 is 0. The van der Waals surface area contributed by atoms with E-state index in [1.165, 1.54) is 12.0 Å². The highest BCUT2D eigenvalue weighted by molar-refractivity contribution is 5.42. The fourth-order valence-corrected chi connectivity index (χ4v) is 2.65. The van der Waals surface area contributed by atoms with Gasteiger partial charge < -0.3 is 14.8 Å². The number of para-hydroxylation sites is 1. The Morgan fingerprint density at radius 3 is 2.75 bits per heavy atom. The van der Waals surface area contributed by atoms with Crippen LogP contribution in [0.5, 0.6) is 5.75 Å². The highest BCUT2D eigenvalue weighted by atomic mass is 16.5. The minimum atomic E-state index is -0.188. The molecule has 20 heavy (non-hydrogen) atoms. The molecule has 2 rings (SSSR count). The molecule has 1 atom stereocenters. The normalized spacial score (nSPS) is 19.6. The summed E-state index contributed by atoms with van der Waals surface area (Å²) in [6, 6.07) is 8.56. The quantitative estimate of drug-likeness (QED) is 0.735. The van der Waals surface area contributed by atoms with Crippen LogP contribution in [0.1, 0.15) is 51.6 Å². The van der Waals surface area contributed by atoms with E-state index in [1.807, 2.05) is 12.1 Å².